The Morgan fingerprint density at radius 2 is 1.83 bits per heavy atom. The molecule has 0 bridgehead atoms. The van der Waals surface area contributed by atoms with Crippen LogP contribution in [0.5, 0.6) is 5.75 Å². The number of benzene rings is 2. The van der Waals surface area contributed by atoms with Crippen molar-refractivity contribution in [3.05, 3.63) is 64.9 Å². The molecule has 0 aliphatic rings. The zero-order valence-corrected chi connectivity index (χ0v) is 19.9. The molecule has 1 heterocycles. The lowest BCUT2D eigenvalue weighted by molar-refractivity contribution is 0.100. The van der Waals surface area contributed by atoms with E-state index in [1.165, 1.54) is 0 Å². The van der Waals surface area contributed by atoms with Gasteiger partial charge in [-0.05, 0) is 39.0 Å². The summed E-state index contributed by atoms with van der Waals surface area (Å²) in [5.41, 5.74) is 2.36. The Balaban J connectivity index is 2.12. The summed E-state index contributed by atoms with van der Waals surface area (Å²) in [4.78, 5) is 13.9. The summed E-state index contributed by atoms with van der Waals surface area (Å²) in [6.45, 7) is 12.1. The molecule has 0 atom stereocenters. The van der Waals surface area contributed by atoms with E-state index in [2.05, 4.69) is 24.8 Å². The molecule has 30 heavy (non-hydrogen) atoms. The van der Waals surface area contributed by atoms with Gasteiger partial charge in [0.05, 0.1) is 11.1 Å². The van der Waals surface area contributed by atoms with Crippen LogP contribution in [0.3, 0.4) is 0 Å². The van der Waals surface area contributed by atoms with Gasteiger partial charge in [0.1, 0.15) is 22.8 Å². The topological polar surface area (TPSA) is 55.6 Å². The standard InChI is InChI=1S/C23H27ClN2O3Si/c1-15(2)28-18-11-9-10-17(14-18)26(30(4,5)6)23(27)21-16(3)29-25-22(21)19-12-7-8-13-20(19)24/h7-15H,1-6H3. The highest BCUT2D eigenvalue weighted by Gasteiger charge is 2.35. The molecular formula is C23H27ClN2O3Si. The average molecular weight is 443 g/mol. The SMILES string of the molecule is Cc1onc(-c2ccccc2Cl)c1C(=O)N(c1cccc(OC(C)C)c1)[Si](C)(C)C. The first-order valence-electron chi connectivity index (χ1n) is 9.92. The van der Waals surface area contributed by atoms with E-state index < -0.39 is 8.24 Å². The highest BCUT2D eigenvalue weighted by atomic mass is 35.5. The summed E-state index contributed by atoms with van der Waals surface area (Å²) in [5, 5.41) is 4.69. The van der Waals surface area contributed by atoms with Crippen LogP contribution in [0.25, 0.3) is 11.3 Å². The Morgan fingerprint density at radius 3 is 2.47 bits per heavy atom. The molecule has 2 aromatic carbocycles. The van der Waals surface area contributed by atoms with Gasteiger partial charge in [-0.2, -0.15) is 0 Å². The van der Waals surface area contributed by atoms with Crippen LogP contribution in [0.1, 0.15) is 30.0 Å². The second-order valence-electron chi connectivity index (χ2n) is 8.42. The van der Waals surface area contributed by atoms with Gasteiger partial charge in [-0.1, -0.05) is 60.7 Å². The first-order valence-corrected chi connectivity index (χ1v) is 13.7. The van der Waals surface area contributed by atoms with Gasteiger partial charge in [-0.3, -0.25) is 4.79 Å². The highest BCUT2D eigenvalue weighted by molar-refractivity contribution is 6.83. The molecule has 0 unspecified atom stereocenters. The number of hydrogen-bond acceptors (Lipinski definition) is 4. The number of anilines is 1. The normalized spacial score (nSPS) is 11.6. The highest BCUT2D eigenvalue weighted by Crippen LogP contribution is 2.35. The predicted molar refractivity (Wildman–Crippen MR) is 124 cm³/mol. The zero-order chi connectivity index (χ0) is 22.1. The van der Waals surface area contributed by atoms with Gasteiger partial charge in [0.25, 0.3) is 5.91 Å². The van der Waals surface area contributed by atoms with Crippen LogP contribution in [0.15, 0.2) is 53.1 Å². The van der Waals surface area contributed by atoms with Crippen molar-refractivity contribution in [2.75, 3.05) is 4.57 Å². The molecule has 7 heteroatoms. The Kier molecular flexibility index (Phi) is 6.38. The van der Waals surface area contributed by atoms with Crippen LogP contribution in [0.4, 0.5) is 5.69 Å². The molecule has 0 saturated carbocycles. The zero-order valence-electron chi connectivity index (χ0n) is 18.2. The maximum atomic E-state index is 13.9. The molecule has 0 fully saturated rings. The van der Waals surface area contributed by atoms with Crippen molar-refractivity contribution < 1.29 is 14.1 Å². The van der Waals surface area contributed by atoms with E-state index in [4.69, 9.17) is 20.9 Å². The Morgan fingerprint density at radius 1 is 1.13 bits per heavy atom. The summed E-state index contributed by atoms with van der Waals surface area (Å²) in [6.07, 6.45) is 0.0448. The molecule has 0 aliphatic carbocycles. The summed E-state index contributed by atoms with van der Waals surface area (Å²) in [6, 6.07) is 15.0. The molecule has 0 spiro atoms. The number of carbonyl (C=O) groups is 1. The fourth-order valence-electron chi connectivity index (χ4n) is 3.35. The van der Waals surface area contributed by atoms with Gasteiger partial charge < -0.3 is 13.8 Å². The van der Waals surface area contributed by atoms with Gasteiger partial charge in [0, 0.05) is 17.3 Å². The molecule has 3 aromatic rings. The van der Waals surface area contributed by atoms with Crippen LogP contribution in [-0.4, -0.2) is 25.4 Å². The number of aryl methyl sites for hydroxylation is 1. The molecule has 0 saturated heterocycles. The summed E-state index contributed by atoms with van der Waals surface area (Å²) in [5.74, 6) is 1.05. The Hall–Kier alpha value is -2.57. The van der Waals surface area contributed by atoms with E-state index in [1.807, 2.05) is 60.9 Å². The Bertz CT molecular complexity index is 1060. The van der Waals surface area contributed by atoms with Gasteiger partial charge in [0.15, 0.2) is 8.24 Å². The molecule has 1 aromatic heterocycles. The number of hydrogen-bond donors (Lipinski definition) is 0. The Labute approximate surface area is 183 Å². The predicted octanol–water partition coefficient (Wildman–Crippen LogP) is 6.57. The van der Waals surface area contributed by atoms with Gasteiger partial charge in [-0.15, -0.1) is 0 Å². The second kappa shape index (κ2) is 8.66. The van der Waals surface area contributed by atoms with Crippen molar-refractivity contribution in [1.82, 2.24) is 5.16 Å². The van der Waals surface area contributed by atoms with E-state index in [0.29, 0.717) is 27.6 Å². The van der Waals surface area contributed by atoms with E-state index >= 15 is 0 Å². The van der Waals surface area contributed by atoms with Crippen molar-refractivity contribution in [2.24, 2.45) is 0 Å². The van der Waals surface area contributed by atoms with Crippen molar-refractivity contribution in [1.29, 1.82) is 0 Å². The smallest absolute Gasteiger partial charge is 0.256 e. The molecule has 5 nitrogen and oxygen atoms in total. The number of aromatic nitrogens is 1. The quantitative estimate of drug-likeness (QED) is 0.405. The molecule has 1 amide bonds. The lowest BCUT2D eigenvalue weighted by atomic mass is 10.1. The van der Waals surface area contributed by atoms with Crippen LogP contribution < -0.4 is 9.30 Å². The summed E-state index contributed by atoms with van der Waals surface area (Å²) >= 11 is 6.39. The van der Waals surface area contributed by atoms with Crippen molar-refractivity contribution in [3.63, 3.8) is 0 Å². The number of amides is 1. The maximum Gasteiger partial charge on any atom is 0.256 e. The first-order chi connectivity index (χ1) is 14.1. The average Bonchev–Trinajstić information content (AvgIpc) is 3.02. The van der Waals surface area contributed by atoms with Gasteiger partial charge in [0.2, 0.25) is 0 Å². The van der Waals surface area contributed by atoms with Crippen molar-refractivity contribution >= 4 is 31.4 Å². The van der Waals surface area contributed by atoms with E-state index in [9.17, 15) is 4.79 Å². The number of rotatable bonds is 6. The third kappa shape index (κ3) is 4.60. The molecule has 0 aliphatic heterocycles. The minimum atomic E-state index is -2.14. The fourth-order valence-corrected chi connectivity index (χ4v) is 5.21. The molecule has 0 radical (unpaired) electrons. The van der Waals surface area contributed by atoms with Crippen molar-refractivity contribution in [3.8, 4) is 17.0 Å². The summed E-state index contributed by atoms with van der Waals surface area (Å²) in [7, 11) is -2.14. The van der Waals surface area contributed by atoms with Crippen LogP contribution in [0, 0.1) is 6.92 Å². The minimum Gasteiger partial charge on any atom is -0.491 e. The fraction of sp³-hybridized carbons (Fsp3) is 0.304. The van der Waals surface area contributed by atoms with Gasteiger partial charge in [-0.25, -0.2) is 0 Å². The first kappa shape index (κ1) is 22.1. The number of halogens is 1. The molecule has 0 N–H and O–H groups in total. The third-order valence-electron chi connectivity index (χ3n) is 4.53. The van der Waals surface area contributed by atoms with Crippen LogP contribution in [0.2, 0.25) is 24.7 Å². The summed E-state index contributed by atoms with van der Waals surface area (Å²) < 4.78 is 13.2. The van der Waals surface area contributed by atoms with Crippen LogP contribution in [-0.2, 0) is 0 Å². The molecular weight excluding hydrogens is 416 g/mol. The van der Waals surface area contributed by atoms with Crippen molar-refractivity contribution in [2.45, 2.75) is 46.5 Å². The largest absolute Gasteiger partial charge is 0.491 e. The maximum absolute atomic E-state index is 13.9. The van der Waals surface area contributed by atoms with Gasteiger partial charge >= 0.3 is 0 Å². The number of carbonyl (C=O) groups excluding carboxylic acids is 1. The second-order valence-corrected chi connectivity index (χ2v) is 13.6. The lowest BCUT2D eigenvalue weighted by Crippen LogP contribution is -2.50. The van der Waals surface area contributed by atoms with E-state index in [0.717, 1.165) is 11.4 Å². The van der Waals surface area contributed by atoms with E-state index in [1.54, 1.807) is 13.0 Å². The minimum absolute atomic E-state index is 0.0448. The lowest BCUT2D eigenvalue weighted by Gasteiger charge is -2.34. The number of nitrogens with zero attached hydrogens (tertiary/aromatic N) is 2. The molecule has 3 rings (SSSR count). The number of ether oxygens (including phenoxy) is 1. The third-order valence-corrected chi connectivity index (χ3v) is 6.66. The van der Waals surface area contributed by atoms with Crippen LogP contribution >= 0.6 is 11.6 Å². The molecule has 158 valence electrons. The monoisotopic (exact) mass is 442 g/mol. The van der Waals surface area contributed by atoms with E-state index in [-0.39, 0.29) is 12.0 Å².